The normalized spacial score (nSPS) is 13.0. The van der Waals surface area contributed by atoms with Crippen LogP contribution in [0.15, 0.2) is 29.2 Å². The number of benzene rings is 1. The van der Waals surface area contributed by atoms with Gasteiger partial charge in [0, 0.05) is 13.2 Å². The highest BCUT2D eigenvalue weighted by atomic mass is 32.2. The number of hydrogen-bond donors (Lipinski definition) is 1. The Balaban J connectivity index is 2.98. The van der Waals surface area contributed by atoms with E-state index in [1.165, 1.54) is 38.5 Å². The van der Waals surface area contributed by atoms with E-state index in [0.717, 1.165) is 0 Å². The lowest BCUT2D eigenvalue weighted by Gasteiger charge is -2.13. The highest BCUT2D eigenvalue weighted by Gasteiger charge is 2.18. The molecular weight excluding hydrogens is 270 g/mol. The van der Waals surface area contributed by atoms with Crippen molar-refractivity contribution in [1.82, 2.24) is 4.72 Å². The molecule has 0 spiro atoms. The molecule has 0 heterocycles. The lowest BCUT2D eigenvalue weighted by Crippen LogP contribution is -2.35. The number of nitrogens with one attached hydrogen (secondary N) is 1. The van der Waals surface area contributed by atoms with E-state index in [4.69, 9.17) is 4.74 Å². The molecule has 6 nitrogen and oxygen atoms in total. The van der Waals surface area contributed by atoms with Gasteiger partial charge in [0.1, 0.15) is 0 Å². The topological polar surface area (TPSA) is 81.7 Å². The van der Waals surface area contributed by atoms with Crippen LogP contribution >= 0.6 is 0 Å². The molecule has 1 aromatic carbocycles. The van der Waals surface area contributed by atoms with Crippen molar-refractivity contribution >= 4 is 16.0 Å². The third kappa shape index (κ3) is 4.30. The summed E-state index contributed by atoms with van der Waals surface area (Å²) in [6, 6.07) is 5.30. The van der Waals surface area contributed by atoms with E-state index in [2.05, 4.69) is 9.46 Å². The van der Waals surface area contributed by atoms with Crippen LogP contribution in [0, 0.1) is 0 Å². The lowest BCUT2D eigenvalue weighted by atomic mass is 10.2. The molecule has 0 saturated heterocycles. The Hall–Kier alpha value is -1.44. The Bertz CT molecular complexity index is 541. The summed E-state index contributed by atoms with van der Waals surface area (Å²) in [7, 11) is -0.956. The van der Waals surface area contributed by atoms with E-state index in [-0.39, 0.29) is 23.1 Å². The molecule has 106 valence electrons. The molecule has 0 aliphatic carbocycles. The molecule has 0 aliphatic heterocycles. The quantitative estimate of drug-likeness (QED) is 0.782. The smallest absolute Gasteiger partial charge is 0.337 e. The van der Waals surface area contributed by atoms with Crippen molar-refractivity contribution in [2.24, 2.45) is 0 Å². The Morgan fingerprint density at radius 1 is 1.37 bits per heavy atom. The first kappa shape index (κ1) is 15.6. The van der Waals surface area contributed by atoms with E-state index >= 15 is 0 Å². The molecule has 0 unspecified atom stereocenters. The molecular formula is C12H17NO5S. The zero-order valence-corrected chi connectivity index (χ0v) is 11.9. The second-order valence-electron chi connectivity index (χ2n) is 4.00. The first-order chi connectivity index (χ1) is 8.90. The molecule has 0 aliphatic rings. The Kier molecular flexibility index (Phi) is 5.46. The van der Waals surface area contributed by atoms with E-state index in [1.54, 1.807) is 6.92 Å². The van der Waals surface area contributed by atoms with E-state index in [9.17, 15) is 13.2 Å². The molecule has 1 N–H and O–H groups in total. The van der Waals surface area contributed by atoms with Gasteiger partial charge in [0.25, 0.3) is 0 Å². The van der Waals surface area contributed by atoms with Gasteiger partial charge in [-0.15, -0.1) is 0 Å². The third-order valence-electron chi connectivity index (χ3n) is 2.34. The third-order valence-corrected chi connectivity index (χ3v) is 3.93. The number of hydrogen-bond acceptors (Lipinski definition) is 5. The maximum atomic E-state index is 12.1. The monoisotopic (exact) mass is 287 g/mol. The molecule has 0 saturated carbocycles. The van der Waals surface area contributed by atoms with Gasteiger partial charge >= 0.3 is 5.97 Å². The fraction of sp³-hybridized carbons (Fsp3) is 0.417. The second-order valence-corrected chi connectivity index (χ2v) is 5.71. The summed E-state index contributed by atoms with van der Waals surface area (Å²) in [4.78, 5) is 11.4. The van der Waals surface area contributed by atoms with Crippen molar-refractivity contribution in [2.75, 3.05) is 20.8 Å². The van der Waals surface area contributed by atoms with Gasteiger partial charge in [-0.05, 0) is 25.1 Å². The highest BCUT2D eigenvalue weighted by Crippen LogP contribution is 2.12. The van der Waals surface area contributed by atoms with Crippen LogP contribution in [0.25, 0.3) is 0 Å². The van der Waals surface area contributed by atoms with Gasteiger partial charge in [0.05, 0.1) is 24.2 Å². The number of methoxy groups -OCH3 is 2. The van der Waals surface area contributed by atoms with E-state index < -0.39 is 16.0 Å². The van der Waals surface area contributed by atoms with Crippen molar-refractivity contribution in [1.29, 1.82) is 0 Å². The summed E-state index contributed by atoms with van der Waals surface area (Å²) in [5.41, 5.74) is 0.185. The summed E-state index contributed by atoms with van der Waals surface area (Å²) >= 11 is 0. The van der Waals surface area contributed by atoms with Gasteiger partial charge in [-0.3, -0.25) is 0 Å². The van der Waals surface area contributed by atoms with Crippen molar-refractivity contribution in [2.45, 2.75) is 17.9 Å². The summed E-state index contributed by atoms with van der Waals surface area (Å²) in [5, 5.41) is 0. The van der Waals surface area contributed by atoms with E-state index in [1.807, 2.05) is 0 Å². The number of carbonyl (C=O) groups excluding carboxylic acids is 1. The van der Waals surface area contributed by atoms with Crippen LogP contribution in [0.1, 0.15) is 17.3 Å². The van der Waals surface area contributed by atoms with Gasteiger partial charge < -0.3 is 9.47 Å². The summed E-state index contributed by atoms with van der Waals surface area (Å²) in [6.07, 6.45) is 0. The largest absolute Gasteiger partial charge is 0.465 e. The van der Waals surface area contributed by atoms with Crippen molar-refractivity contribution < 1.29 is 22.7 Å². The molecule has 19 heavy (non-hydrogen) atoms. The van der Waals surface area contributed by atoms with Crippen LogP contribution in [0.2, 0.25) is 0 Å². The predicted octanol–water partition coefficient (Wildman–Crippen LogP) is 0.786. The van der Waals surface area contributed by atoms with Gasteiger partial charge in [0.15, 0.2) is 0 Å². The summed E-state index contributed by atoms with van der Waals surface area (Å²) in [5.74, 6) is -0.581. The van der Waals surface area contributed by atoms with Crippen LogP contribution in [-0.2, 0) is 19.5 Å². The zero-order chi connectivity index (χ0) is 14.5. The minimum atomic E-state index is -3.68. The Labute approximate surface area is 112 Å². The zero-order valence-electron chi connectivity index (χ0n) is 11.0. The molecule has 1 rings (SSSR count). The van der Waals surface area contributed by atoms with Gasteiger partial charge in [-0.25, -0.2) is 17.9 Å². The van der Waals surface area contributed by atoms with Crippen molar-refractivity contribution in [3.8, 4) is 0 Å². The number of carbonyl (C=O) groups is 1. The molecule has 1 aromatic rings. The SMILES string of the molecule is COC[C@H](C)NS(=O)(=O)c1cccc(C(=O)OC)c1. The number of sulfonamides is 1. The van der Waals surface area contributed by atoms with Crippen LogP contribution in [0.5, 0.6) is 0 Å². The number of esters is 1. The molecule has 0 aromatic heterocycles. The second kappa shape index (κ2) is 6.65. The molecule has 0 amide bonds. The maximum Gasteiger partial charge on any atom is 0.337 e. The van der Waals surface area contributed by atoms with Gasteiger partial charge in [-0.1, -0.05) is 6.07 Å². The van der Waals surface area contributed by atoms with Gasteiger partial charge in [0.2, 0.25) is 10.0 Å². The molecule has 0 bridgehead atoms. The fourth-order valence-electron chi connectivity index (χ4n) is 1.52. The van der Waals surface area contributed by atoms with Crippen molar-refractivity contribution in [3.05, 3.63) is 29.8 Å². The minimum Gasteiger partial charge on any atom is -0.465 e. The summed E-state index contributed by atoms with van der Waals surface area (Å²) in [6.45, 7) is 1.95. The lowest BCUT2D eigenvalue weighted by molar-refractivity contribution is 0.0600. The minimum absolute atomic E-state index is 0.0124. The molecule has 0 fully saturated rings. The maximum absolute atomic E-state index is 12.1. The van der Waals surface area contributed by atoms with Crippen LogP contribution in [0.4, 0.5) is 0 Å². The van der Waals surface area contributed by atoms with Crippen LogP contribution in [-0.4, -0.2) is 41.3 Å². The Morgan fingerprint density at radius 3 is 2.63 bits per heavy atom. The summed E-state index contributed by atoms with van der Waals surface area (Å²) < 4.78 is 36.0. The van der Waals surface area contributed by atoms with Crippen molar-refractivity contribution in [3.63, 3.8) is 0 Å². The highest BCUT2D eigenvalue weighted by molar-refractivity contribution is 7.89. The van der Waals surface area contributed by atoms with Gasteiger partial charge in [-0.2, -0.15) is 0 Å². The number of rotatable bonds is 6. The average molecular weight is 287 g/mol. The first-order valence-corrected chi connectivity index (χ1v) is 7.08. The first-order valence-electron chi connectivity index (χ1n) is 5.60. The molecule has 0 radical (unpaired) electrons. The Morgan fingerprint density at radius 2 is 2.05 bits per heavy atom. The molecule has 1 atom stereocenters. The van der Waals surface area contributed by atoms with Crippen LogP contribution in [0.3, 0.4) is 0 Å². The number of ether oxygens (including phenoxy) is 2. The van der Waals surface area contributed by atoms with Crippen LogP contribution < -0.4 is 4.72 Å². The average Bonchev–Trinajstić information content (AvgIpc) is 2.37. The molecule has 7 heteroatoms. The standard InChI is InChI=1S/C12H17NO5S/c1-9(8-17-2)13-19(15,16)11-6-4-5-10(7-11)12(14)18-3/h4-7,9,13H,8H2,1-3H3/t9-/m0/s1. The van der Waals surface area contributed by atoms with E-state index in [0.29, 0.717) is 0 Å². The predicted molar refractivity (Wildman–Crippen MR) is 69.4 cm³/mol. The fourth-order valence-corrected chi connectivity index (χ4v) is 2.80.